The standard InChI is InChI=1S/C67H130O6/c1-6-7-8-9-10-11-12-13-20-27-32-37-42-47-52-57-65(68)71-60-64(61-72-66(69)58-53-48-43-38-33-28-23-19-18-22-26-31-36-41-46-51-56-63(4)5)73-67(70)59-54-49-44-39-34-29-24-17-15-14-16-21-25-30-35-40-45-50-55-62(2)3/h62-64H,6-61H2,1-5H3/t64-/m1/s1. The van der Waals surface area contributed by atoms with E-state index in [2.05, 4.69) is 34.6 Å². The van der Waals surface area contributed by atoms with E-state index in [1.165, 1.54) is 270 Å². The first-order valence-corrected chi connectivity index (χ1v) is 33.2. The van der Waals surface area contributed by atoms with Gasteiger partial charge in [0.1, 0.15) is 13.2 Å². The van der Waals surface area contributed by atoms with Crippen molar-refractivity contribution in [1.29, 1.82) is 0 Å². The second-order valence-electron chi connectivity index (χ2n) is 24.1. The van der Waals surface area contributed by atoms with Crippen LogP contribution in [0.15, 0.2) is 0 Å². The van der Waals surface area contributed by atoms with E-state index in [1.54, 1.807) is 0 Å². The van der Waals surface area contributed by atoms with Crippen LogP contribution in [0.25, 0.3) is 0 Å². The number of hydrogen-bond acceptors (Lipinski definition) is 6. The lowest BCUT2D eigenvalue weighted by Crippen LogP contribution is -2.30. The number of hydrogen-bond donors (Lipinski definition) is 0. The highest BCUT2D eigenvalue weighted by Crippen LogP contribution is 2.19. The highest BCUT2D eigenvalue weighted by atomic mass is 16.6. The normalized spacial score (nSPS) is 12.0. The van der Waals surface area contributed by atoms with Crippen LogP contribution < -0.4 is 0 Å². The largest absolute Gasteiger partial charge is 0.462 e. The Kier molecular flexibility index (Phi) is 58.4. The van der Waals surface area contributed by atoms with Gasteiger partial charge in [0.15, 0.2) is 6.10 Å². The van der Waals surface area contributed by atoms with Crippen molar-refractivity contribution < 1.29 is 28.6 Å². The molecule has 0 N–H and O–H groups in total. The molecule has 73 heavy (non-hydrogen) atoms. The molecule has 0 aliphatic carbocycles. The highest BCUT2D eigenvalue weighted by molar-refractivity contribution is 5.71. The van der Waals surface area contributed by atoms with Crippen LogP contribution in [0, 0.1) is 11.8 Å². The van der Waals surface area contributed by atoms with E-state index in [9.17, 15) is 14.4 Å². The van der Waals surface area contributed by atoms with Gasteiger partial charge in [-0.05, 0) is 31.1 Å². The summed E-state index contributed by atoms with van der Waals surface area (Å²) in [6.07, 6.45) is 66.8. The highest BCUT2D eigenvalue weighted by Gasteiger charge is 2.19. The summed E-state index contributed by atoms with van der Waals surface area (Å²) in [6.45, 7) is 11.5. The van der Waals surface area contributed by atoms with E-state index in [-0.39, 0.29) is 31.1 Å². The predicted octanol–water partition coefficient (Wildman–Crippen LogP) is 22.4. The average Bonchev–Trinajstić information content (AvgIpc) is 3.37. The van der Waals surface area contributed by atoms with Gasteiger partial charge in [-0.2, -0.15) is 0 Å². The van der Waals surface area contributed by atoms with Crippen molar-refractivity contribution in [2.45, 2.75) is 387 Å². The molecule has 0 spiro atoms. The van der Waals surface area contributed by atoms with Crippen molar-refractivity contribution in [2.24, 2.45) is 11.8 Å². The van der Waals surface area contributed by atoms with Gasteiger partial charge < -0.3 is 14.2 Å². The summed E-state index contributed by atoms with van der Waals surface area (Å²) < 4.78 is 17.0. The molecular formula is C67H130O6. The van der Waals surface area contributed by atoms with Crippen LogP contribution in [0.4, 0.5) is 0 Å². The van der Waals surface area contributed by atoms with Gasteiger partial charge in [-0.25, -0.2) is 0 Å². The Balaban J connectivity index is 4.27. The number of rotatable bonds is 61. The van der Waals surface area contributed by atoms with Crippen molar-refractivity contribution >= 4 is 17.9 Å². The van der Waals surface area contributed by atoms with Gasteiger partial charge in [-0.3, -0.25) is 14.4 Å². The summed E-state index contributed by atoms with van der Waals surface area (Å²) in [6, 6.07) is 0. The monoisotopic (exact) mass is 1030 g/mol. The van der Waals surface area contributed by atoms with Gasteiger partial charge in [0, 0.05) is 19.3 Å². The molecule has 0 unspecified atom stereocenters. The van der Waals surface area contributed by atoms with Crippen molar-refractivity contribution in [3.05, 3.63) is 0 Å². The molecule has 1 atom stereocenters. The molecule has 0 saturated carbocycles. The van der Waals surface area contributed by atoms with Gasteiger partial charge in [-0.1, -0.05) is 343 Å². The van der Waals surface area contributed by atoms with Crippen LogP contribution in [-0.2, 0) is 28.6 Å². The third-order valence-electron chi connectivity index (χ3n) is 15.5. The number of carbonyl (C=O) groups is 3. The second-order valence-corrected chi connectivity index (χ2v) is 24.1. The zero-order valence-electron chi connectivity index (χ0n) is 50.3. The van der Waals surface area contributed by atoms with Crippen LogP contribution in [0.5, 0.6) is 0 Å². The van der Waals surface area contributed by atoms with Crippen molar-refractivity contribution in [3.8, 4) is 0 Å². The smallest absolute Gasteiger partial charge is 0.306 e. The molecule has 0 saturated heterocycles. The van der Waals surface area contributed by atoms with Gasteiger partial charge in [0.25, 0.3) is 0 Å². The van der Waals surface area contributed by atoms with Crippen molar-refractivity contribution in [3.63, 3.8) is 0 Å². The molecule has 6 heteroatoms. The van der Waals surface area contributed by atoms with E-state index in [0.29, 0.717) is 19.3 Å². The molecule has 434 valence electrons. The maximum Gasteiger partial charge on any atom is 0.306 e. The SMILES string of the molecule is CCCCCCCCCCCCCCCCCC(=O)OC[C@H](COC(=O)CCCCCCCCCCCCCCCCCCC(C)C)OC(=O)CCCCCCCCCCCCCCCCCCCCC(C)C. The quantitative estimate of drug-likeness (QED) is 0.0343. The van der Waals surface area contributed by atoms with E-state index < -0.39 is 6.10 Å². The molecule has 0 aromatic carbocycles. The Hall–Kier alpha value is -1.59. The predicted molar refractivity (Wildman–Crippen MR) is 316 cm³/mol. The third-order valence-corrected chi connectivity index (χ3v) is 15.5. The number of esters is 3. The summed E-state index contributed by atoms with van der Waals surface area (Å²) in [7, 11) is 0. The lowest BCUT2D eigenvalue weighted by atomic mass is 10.0. The van der Waals surface area contributed by atoms with Gasteiger partial charge >= 0.3 is 17.9 Å². The summed E-state index contributed by atoms with van der Waals surface area (Å²) in [5, 5.41) is 0. The summed E-state index contributed by atoms with van der Waals surface area (Å²) >= 11 is 0. The fourth-order valence-electron chi connectivity index (χ4n) is 10.5. The molecular weight excluding hydrogens is 901 g/mol. The molecule has 0 aliphatic rings. The minimum atomic E-state index is -0.764. The molecule has 6 nitrogen and oxygen atoms in total. The number of carbonyl (C=O) groups excluding carboxylic acids is 3. The van der Waals surface area contributed by atoms with Crippen LogP contribution in [0.2, 0.25) is 0 Å². The zero-order valence-corrected chi connectivity index (χ0v) is 50.3. The number of ether oxygens (including phenoxy) is 3. The Morgan fingerprint density at radius 3 is 0.671 bits per heavy atom. The maximum atomic E-state index is 12.9. The summed E-state index contributed by atoms with van der Waals surface area (Å²) in [4.78, 5) is 38.4. The minimum absolute atomic E-state index is 0.0615. The van der Waals surface area contributed by atoms with Crippen molar-refractivity contribution in [2.75, 3.05) is 13.2 Å². The fourth-order valence-corrected chi connectivity index (χ4v) is 10.5. The Morgan fingerprint density at radius 2 is 0.452 bits per heavy atom. The Labute approximate surface area is 457 Å². The summed E-state index contributed by atoms with van der Waals surface area (Å²) in [5.74, 6) is 0.884. The number of unbranched alkanes of at least 4 members (excludes halogenated alkanes) is 46. The van der Waals surface area contributed by atoms with E-state index in [1.807, 2.05) is 0 Å². The molecule has 0 aromatic heterocycles. The molecule has 0 heterocycles. The van der Waals surface area contributed by atoms with Gasteiger partial charge in [0.2, 0.25) is 0 Å². The maximum absolute atomic E-state index is 12.9. The molecule has 0 aromatic rings. The topological polar surface area (TPSA) is 78.9 Å². The van der Waals surface area contributed by atoms with Crippen LogP contribution in [0.1, 0.15) is 381 Å². The lowest BCUT2D eigenvalue weighted by molar-refractivity contribution is -0.167. The second kappa shape index (κ2) is 59.7. The fraction of sp³-hybridized carbons (Fsp3) is 0.955. The lowest BCUT2D eigenvalue weighted by Gasteiger charge is -2.18. The Morgan fingerprint density at radius 1 is 0.260 bits per heavy atom. The first-order chi connectivity index (χ1) is 35.7. The molecule has 0 aliphatic heterocycles. The van der Waals surface area contributed by atoms with Crippen LogP contribution in [0.3, 0.4) is 0 Å². The van der Waals surface area contributed by atoms with Gasteiger partial charge in [-0.15, -0.1) is 0 Å². The molecule has 0 fully saturated rings. The van der Waals surface area contributed by atoms with Crippen LogP contribution in [-0.4, -0.2) is 37.2 Å². The van der Waals surface area contributed by atoms with Crippen molar-refractivity contribution in [1.82, 2.24) is 0 Å². The van der Waals surface area contributed by atoms with Crippen LogP contribution >= 0.6 is 0 Å². The summed E-state index contributed by atoms with van der Waals surface area (Å²) in [5.41, 5.74) is 0. The van der Waals surface area contributed by atoms with E-state index >= 15 is 0 Å². The zero-order chi connectivity index (χ0) is 53.2. The Bertz CT molecular complexity index is 1120. The van der Waals surface area contributed by atoms with Gasteiger partial charge in [0.05, 0.1) is 0 Å². The average molecular weight is 1030 g/mol. The molecule has 0 rings (SSSR count). The molecule has 0 radical (unpaired) electrons. The third kappa shape index (κ3) is 61.1. The molecule has 0 bridgehead atoms. The first-order valence-electron chi connectivity index (χ1n) is 33.2. The molecule has 0 amide bonds. The first kappa shape index (κ1) is 71.4. The minimum Gasteiger partial charge on any atom is -0.462 e. The van der Waals surface area contributed by atoms with E-state index in [4.69, 9.17) is 14.2 Å². The van der Waals surface area contributed by atoms with E-state index in [0.717, 1.165) is 69.6 Å².